The number of nitrogens with two attached hydrogens (primary N) is 1. The van der Waals surface area contributed by atoms with E-state index in [9.17, 15) is 14.7 Å². The maximum absolute atomic E-state index is 12.5. The fourth-order valence-corrected chi connectivity index (χ4v) is 9.42. The molecule has 2 heterocycles. The number of likely N-dealkylation sites (tertiary alicyclic amines) is 1. The van der Waals surface area contributed by atoms with E-state index in [1.165, 1.54) is 0 Å². The van der Waals surface area contributed by atoms with E-state index in [1.807, 2.05) is 0 Å². The van der Waals surface area contributed by atoms with Gasteiger partial charge < -0.3 is 29.8 Å². The van der Waals surface area contributed by atoms with Gasteiger partial charge in [-0.05, 0) is 45.1 Å². The van der Waals surface area contributed by atoms with E-state index >= 15 is 0 Å². The number of nitrogens with zero attached hydrogens (tertiary/aromatic N) is 1. The molecule has 6 fully saturated rings. The average Bonchev–Trinajstić information content (AvgIpc) is 3.31. The third-order valence-electron chi connectivity index (χ3n) is 9.90. The molecule has 10 atom stereocenters. The average molecular weight is 451 g/mol. The highest BCUT2D eigenvalue weighted by Gasteiger charge is 2.90. The van der Waals surface area contributed by atoms with Gasteiger partial charge in [0.1, 0.15) is 12.2 Å². The zero-order valence-electron chi connectivity index (χ0n) is 18.8. The summed E-state index contributed by atoms with van der Waals surface area (Å²) >= 11 is 0. The minimum atomic E-state index is -0.841. The van der Waals surface area contributed by atoms with Crippen molar-refractivity contribution in [2.24, 2.45) is 28.4 Å². The second-order valence-electron chi connectivity index (χ2n) is 11.0. The molecule has 0 amide bonds. The van der Waals surface area contributed by atoms with Crippen molar-refractivity contribution in [2.45, 2.75) is 74.6 Å². The smallest absolute Gasteiger partial charge is 0.344 e. The lowest BCUT2D eigenvalue weighted by Crippen LogP contribution is -2.77. The molecule has 2 saturated heterocycles. The number of carbonyl (C=O) groups is 2. The SMILES string of the molecule is CO[C@H]1CCC2C3[C@H]1OC1C(OC(=O)COC(=O)CCN)CC[C@@]4(O)[C@@H]5N(C)C[C@@]25CC134. The molecule has 9 heteroatoms. The number of hydrogen-bond donors (Lipinski definition) is 2. The summed E-state index contributed by atoms with van der Waals surface area (Å²) in [7, 11) is 3.85. The predicted octanol–water partition coefficient (Wildman–Crippen LogP) is -0.172. The zero-order chi connectivity index (χ0) is 22.5. The quantitative estimate of drug-likeness (QED) is 0.531. The number of likely N-dealkylation sites (N-methyl/N-ethyl adjacent to an activating group) is 1. The van der Waals surface area contributed by atoms with E-state index in [-0.39, 0.29) is 48.7 Å². The van der Waals surface area contributed by atoms with Gasteiger partial charge in [-0.25, -0.2) is 4.79 Å². The molecule has 6 rings (SSSR count). The Morgan fingerprint density at radius 1 is 1.22 bits per heavy atom. The van der Waals surface area contributed by atoms with Gasteiger partial charge in [0.15, 0.2) is 6.61 Å². The molecule has 2 spiro atoms. The lowest BCUT2D eigenvalue weighted by molar-refractivity contribution is -0.246. The highest BCUT2D eigenvalue weighted by atomic mass is 16.6. The molecular weight excluding hydrogens is 416 g/mol. The largest absolute Gasteiger partial charge is 0.457 e. The summed E-state index contributed by atoms with van der Waals surface area (Å²) in [6.45, 7) is 0.766. The maximum Gasteiger partial charge on any atom is 0.344 e. The second kappa shape index (κ2) is 6.88. The molecule has 0 radical (unpaired) electrons. The molecule has 6 aliphatic rings. The van der Waals surface area contributed by atoms with Crippen LogP contribution in [0.15, 0.2) is 0 Å². The van der Waals surface area contributed by atoms with Gasteiger partial charge in [-0.2, -0.15) is 0 Å². The minimum absolute atomic E-state index is 0.000972. The van der Waals surface area contributed by atoms with Crippen molar-refractivity contribution in [3.63, 3.8) is 0 Å². The van der Waals surface area contributed by atoms with Gasteiger partial charge in [0.25, 0.3) is 0 Å². The van der Waals surface area contributed by atoms with Gasteiger partial charge in [0, 0.05) is 43.0 Å². The molecule has 3 N–H and O–H groups in total. The van der Waals surface area contributed by atoms with Crippen molar-refractivity contribution in [1.82, 2.24) is 4.90 Å². The first-order chi connectivity index (χ1) is 15.3. The Labute approximate surface area is 187 Å². The topological polar surface area (TPSA) is 121 Å². The molecule has 4 aliphatic carbocycles. The number of esters is 2. The van der Waals surface area contributed by atoms with E-state index < -0.39 is 35.7 Å². The van der Waals surface area contributed by atoms with E-state index in [0.29, 0.717) is 18.8 Å². The molecule has 2 aliphatic heterocycles. The zero-order valence-corrected chi connectivity index (χ0v) is 18.8. The summed E-state index contributed by atoms with van der Waals surface area (Å²) in [4.78, 5) is 26.4. The van der Waals surface area contributed by atoms with Crippen LogP contribution in [0.2, 0.25) is 0 Å². The van der Waals surface area contributed by atoms with Crippen LogP contribution in [0.3, 0.4) is 0 Å². The standard InChI is InChI=1S/C23H34N2O7/c1-25-11-21-10-22-17-12(21)3-4-13(29-2)18(17)32-19(22)14(5-7-23(22,28)20(21)25)31-16(27)9-30-15(26)6-8-24/h12-14,17-20,28H,3-11,24H2,1-2H3/t12?,13-,14?,17?,18-,19?,20+,21-,22?,23+/m0/s1. The van der Waals surface area contributed by atoms with E-state index in [0.717, 1.165) is 25.8 Å². The van der Waals surface area contributed by atoms with Crippen LogP contribution in [0.5, 0.6) is 0 Å². The Morgan fingerprint density at radius 3 is 2.75 bits per heavy atom. The van der Waals surface area contributed by atoms with Gasteiger partial charge in [0.05, 0.1) is 24.2 Å². The third kappa shape index (κ3) is 2.32. The Bertz CT molecular complexity index is 839. The predicted molar refractivity (Wildman–Crippen MR) is 110 cm³/mol. The molecular formula is C23H34N2O7. The van der Waals surface area contributed by atoms with Crippen LogP contribution in [0.1, 0.15) is 38.5 Å². The van der Waals surface area contributed by atoms with Crippen LogP contribution in [0, 0.1) is 22.7 Å². The number of rotatable bonds is 6. The fraction of sp³-hybridized carbons (Fsp3) is 0.913. The van der Waals surface area contributed by atoms with Crippen LogP contribution in [-0.2, 0) is 28.5 Å². The van der Waals surface area contributed by atoms with Crippen LogP contribution in [-0.4, -0.2) is 91.9 Å². The van der Waals surface area contributed by atoms with Gasteiger partial charge in [0.2, 0.25) is 0 Å². The highest BCUT2D eigenvalue weighted by molar-refractivity contribution is 5.76. The van der Waals surface area contributed by atoms with Crippen LogP contribution < -0.4 is 5.73 Å². The number of carbonyl (C=O) groups excluding carboxylic acids is 2. The minimum Gasteiger partial charge on any atom is -0.457 e. The van der Waals surface area contributed by atoms with Gasteiger partial charge in [-0.3, -0.25) is 9.69 Å². The van der Waals surface area contributed by atoms with Gasteiger partial charge in [-0.15, -0.1) is 0 Å². The molecule has 0 aromatic rings. The Morgan fingerprint density at radius 2 is 2.03 bits per heavy atom. The molecule has 178 valence electrons. The van der Waals surface area contributed by atoms with Crippen LogP contribution in [0.4, 0.5) is 0 Å². The van der Waals surface area contributed by atoms with E-state index in [1.54, 1.807) is 7.11 Å². The van der Waals surface area contributed by atoms with Crippen molar-refractivity contribution in [3.05, 3.63) is 0 Å². The number of fused-ring (bicyclic) bond motifs is 1. The summed E-state index contributed by atoms with van der Waals surface area (Å²) < 4.78 is 23.3. The van der Waals surface area contributed by atoms with Crippen LogP contribution in [0.25, 0.3) is 0 Å². The van der Waals surface area contributed by atoms with Crippen molar-refractivity contribution in [1.29, 1.82) is 0 Å². The van der Waals surface area contributed by atoms with E-state index in [2.05, 4.69) is 11.9 Å². The van der Waals surface area contributed by atoms with Crippen LogP contribution >= 0.6 is 0 Å². The first-order valence-corrected chi connectivity index (χ1v) is 12.0. The van der Waals surface area contributed by atoms with Crippen molar-refractivity contribution in [2.75, 3.05) is 33.9 Å². The third-order valence-corrected chi connectivity index (χ3v) is 9.90. The number of ether oxygens (including phenoxy) is 4. The molecule has 0 aromatic carbocycles. The summed E-state index contributed by atoms with van der Waals surface area (Å²) in [6.07, 6.45) is 3.27. The number of aliphatic hydroxyl groups is 1. The van der Waals surface area contributed by atoms with Crippen molar-refractivity contribution in [3.8, 4) is 0 Å². The Kier molecular flexibility index (Phi) is 4.58. The monoisotopic (exact) mass is 450 g/mol. The lowest BCUT2D eigenvalue weighted by Gasteiger charge is -2.66. The highest BCUT2D eigenvalue weighted by Crippen LogP contribution is 2.83. The summed E-state index contributed by atoms with van der Waals surface area (Å²) in [5.41, 5.74) is 4.22. The van der Waals surface area contributed by atoms with Crippen molar-refractivity contribution >= 4 is 11.9 Å². The molecule has 4 saturated carbocycles. The summed E-state index contributed by atoms with van der Waals surface area (Å²) in [6, 6.07) is 0.147. The fourth-order valence-electron chi connectivity index (χ4n) is 9.42. The van der Waals surface area contributed by atoms with E-state index in [4.69, 9.17) is 24.7 Å². The van der Waals surface area contributed by atoms with Crippen molar-refractivity contribution < 1.29 is 33.6 Å². The second-order valence-corrected chi connectivity index (χ2v) is 11.0. The summed E-state index contributed by atoms with van der Waals surface area (Å²) in [5.74, 6) is -0.350. The normalized spacial score (nSPS) is 52.2. The molecule has 9 nitrogen and oxygen atoms in total. The molecule has 0 aromatic heterocycles. The number of hydrogen-bond acceptors (Lipinski definition) is 9. The molecule has 5 unspecified atom stereocenters. The molecule has 2 bridgehead atoms. The first-order valence-electron chi connectivity index (χ1n) is 12.0. The Balaban J connectivity index is 1.29. The first kappa shape index (κ1) is 21.3. The number of methoxy groups -OCH3 is 1. The molecule has 32 heavy (non-hydrogen) atoms. The van der Waals surface area contributed by atoms with Gasteiger partial charge in [-0.1, -0.05) is 0 Å². The Hall–Kier alpha value is -1.26. The lowest BCUT2D eigenvalue weighted by atomic mass is 9.47. The maximum atomic E-state index is 12.5. The van der Waals surface area contributed by atoms with Gasteiger partial charge >= 0.3 is 11.9 Å². The summed E-state index contributed by atoms with van der Waals surface area (Å²) in [5, 5.41) is 12.2.